The molecule has 2 N–H and O–H groups in total. The molecule has 0 aromatic heterocycles. The lowest BCUT2D eigenvalue weighted by Crippen LogP contribution is -2.39. The largest absolute Gasteiger partial charge is 0.494 e. The van der Waals surface area contributed by atoms with Gasteiger partial charge >= 0.3 is 0 Å². The summed E-state index contributed by atoms with van der Waals surface area (Å²) in [5.41, 5.74) is 5.43. The standard InChI is InChI=1S/C14H23NO2/c1-4-10-16-12-6-8-13(9-7-12)17-14(3,5-2)11-15/h6-9H,4-5,10-11,15H2,1-3H3. The minimum Gasteiger partial charge on any atom is -0.494 e. The summed E-state index contributed by atoms with van der Waals surface area (Å²) in [6, 6.07) is 7.71. The fourth-order valence-electron chi connectivity index (χ4n) is 1.37. The first-order chi connectivity index (χ1) is 8.13. The van der Waals surface area contributed by atoms with E-state index in [4.69, 9.17) is 15.2 Å². The minimum atomic E-state index is -0.286. The normalized spacial score (nSPS) is 14.1. The lowest BCUT2D eigenvalue weighted by atomic mass is 10.0. The van der Waals surface area contributed by atoms with Gasteiger partial charge in [-0.05, 0) is 44.0 Å². The van der Waals surface area contributed by atoms with Gasteiger partial charge < -0.3 is 15.2 Å². The minimum absolute atomic E-state index is 0.286. The fourth-order valence-corrected chi connectivity index (χ4v) is 1.37. The maximum absolute atomic E-state index is 5.88. The summed E-state index contributed by atoms with van der Waals surface area (Å²) >= 11 is 0. The van der Waals surface area contributed by atoms with Crippen molar-refractivity contribution < 1.29 is 9.47 Å². The first kappa shape index (κ1) is 13.8. The zero-order valence-electron chi connectivity index (χ0n) is 11.0. The first-order valence-electron chi connectivity index (χ1n) is 6.25. The molecule has 0 spiro atoms. The summed E-state index contributed by atoms with van der Waals surface area (Å²) in [6.45, 7) is 7.44. The van der Waals surface area contributed by atoms with Crippen molar-refractivity contribution >= 4 is 0 Å². The van der Waals surface area contributed by atoms with E-state index < -0.39 is 0 Å². The monoisotopic (exact) mass is 237 g/mol. The second-order valence-electron chi connectivity index (χ2n) is 4.43. The Morgan fingerprint density at radius 3 is 2.18 bits per heavy atom. The summed E-state index contributed by atoms with van der Waals surface area (Å²) in [4.78, 5) is 0. The van der Waals surface area contributed by atoms with Gasteiger partial charge in [-0.25, -0.2) is 0 Å². The van der Waals surface area contributed by atoms with E-state index in [1.54, 1.807) is 0 Å². The predicted octanol–water partition coefficient (Wildman–Crippen LogP) is 2.98. The average molecular weight is 237 g/mol. The molecule has 3 heteroatoms. The lowest BCUT2D eigenvalue weighted by Gasteiger charge is -2.28. The van der Waals surface area contributed by atoms with Gasteiger partial charge in [-0.2, -0.15) is 0 Å². The molecule has 1 rings (SSSR count). The highest BCUT2D eigenvalue weighted by atomic mass is 16.5. The van der Waals surface area contributed by atoms with Crippen molar-refractivity contribution in [1.29, 1.82) is 0 Å². The third-order valence-corrected chi connectivity index (χ3v) is 2.84. The van der Waals surface area contributed by atoms with Gasteiger partial charge in [-0.3, -0.25) is 0 Å². The zero-order chi connectivity index (χ0) is 12.7. The molecule has 0 bridgehead atoms. The Balaban J connectivity index is 2.61. The summed E-state index contributed by atoms with van der Waals surface area (Å²) < 4.78 is 11.4. The summed E-state index contributed by atoms with van der Waals surface area (Å²) in [5, 5.41) is 0. The van der Waals surface area contributed by atoms with E-state index in [0.717, 1.165) is 30.9 Å². The number of hydrogen-bond donors (Lipinski definition) is 1. The molecule has 0 aliphatic carbocycles. The van der Waals surface area contributed by atoms with Crippen LogP contribution in [0.4, 0.5) is 0 Å². The van der Waals surface area contributed by atoms with Crippen LogP contribution in [0.5, 0.6) is 11.5 Å². The van der Waals surface area contributed by atoms with Gasteiger partial charge in [0.1, 0.15) is 17.1 Å². The van der Waals surface area contributed by atoms with Gasteiger partial charge in [0.25, 0.3) is 0 Å². The van der Waals surface area contributed by atoms with Crippen molar-refractivity contribution in [3.8, 4) is 11.5 Å². The molecule has 0 amide bonds. The molecular weight excluding hydrogens is 214 g/mol. The number of nitrogens with two attached hydrogens (primary N) is 1. The van der Waals surface area contributed by atoms with Crippen LogP contribution in [0.15, 0.2) is 24.3 Å². The molecular formula is C14H23NO2. The molecule has 17 heavy (non-hydrogen) atoms. The van der Waals surface area contributed by atoms with Crippen molar-refractivity contribution in [1.82, 2.24) is 0 Å². The molecule has 96 valence electrons. The molecule has 0 aliphatic rings. The zero-order valence-corrected chi connectivity index (χ0v) is 11.0. The Morgan fingerprint density at radius 2 is 1.71 bits per heavy atom. The van der Waals surface area contributed by atoms with Gasteiger partial charge in [0.2, 0.25) is 0 Å². The van der Waals surface area contributed by atoms with E-state index >= 15 is 0 Å². The Labute approximate surface area is 104 Å². The van der Waals surface area contributed by atoms with Crippen LogP contribution in [0.3, 0.4) is 0 Å². The van der Waals surface area contributed by atoms with E-state index in [9.17, 15) is 0 Å². The van der Waals surface area contributed by atoms with E-state index in [0.29, 0.717) is 6.54 Å². The number of ether oxygens (including phenoxy) is 2. The second-order valence-corrected chi connectivity index (χ2v) is 4.43. The van der Waals surface area contributed by atoms with Crippen LogP contribution in [0, 0.1) is 0 Å². The maximum Gasteiger partial charge on any atom is 0.120 e. The van der Waals surface area contributed by atoms with Crippen LogP contribution in [0.1, 0.15) is 33.6 Å². The van der Waals surface area contributed by atoms with Gasteiger partial charge in [-0.15, -0.1) is 0 Å². The van der Waals surface area contributed by atoms with Crippen molar-refractivity contribution in [2.45, 2.75) is 39.2 Å². The molecule has 0 heterocycles. The second kappa shape index (κ2) is 6.50. The molecule has 0 radical (unpaired) electrons. The fraction of sp³-hybridized carbons (Fsp3) is 0.571. The predicted molar refractivity (Wildman–Crippen MR) is 70.6 cm³/mol. The molecule has 0 fully saturated rings. The van der Waals surface area contributed by atoms with Crippen LogP contribution < -0.4 is 15.2 Å². The summed E-state index contributed by atoms with van der Waals surface area (Å²) in [7, 11) is 0. The maximum atomic E-state index is 5.88. The van der Waals surface area contributed by atoms with E-state index in [2.05, 4.69) is 13.8 Å². The van der Waals surface area contributed by atoms with Crippen LogP contribution in [0.25, 0.3) is 0 Å². The van der Waals surface area contributed by atoms with E-state index in [1.807, 2.05) is 31.2 Å². The Kier molecular flexibility index (Phi) is 5.29. The van der Waals surface area contributed by atoms with E-state index in [1.165, 1.54) is 0 Å². The Bertz CT molecular complexity index is 317. The van der Waals surface area contributed by atoms with Crippen LogP contribution >= 0.6 is 0 Å². The van der Waals surface area contributed by atoms with Crippen LogP contribution in [-0.4, -0.2) is 18.8 Å². The molecule has 0 saturated heterocycles. The molecule has 0 saturated carbocycles. The van der Waals surface area contributed by atoms with Gasteiger partial charge in [0.15, 0.2) is 0 Å². The molecule has 3 nitrogen and oxygen atoms in total. The molecule has 0 aliphatic heterocycles. The Morgan fingerprint density at radius 1 is 1.12 bits per heavy atom. The van der Waals surface area contributed by atoms with Gasteiger partial charge in [0, 0.05) is 6.54 Å². The quantitative estimate of drug-likeness (QED) is 0.793. The van der Waals surface area contributed by atoms with Gasteiger partial charge in [-0.1, -0.05) is 13.8 Å². The average Bonchev–Trinajstić information content (AvgIpc) is 2.38. The molecule has 1 atom stereocenters. The highest BCUT2D eigenvalue weighted by Gasteiger charge is 2.21. The van der Waals surface area contributed by atoms with Gasteiger partial charge in [0.05, 0.1) is 6.61 Å². The third kappa shape index (κ3) is 4.27. The van der Waals surface area contributed by atoms with Crippen LogP contribution in [-0.2, 0) is 0 Å². The molecule has 1 aromatic rings. The molecule has 1 unspecified atom stereocenters. The summed E-state index contributed by atoms with van der Waals surface area (Å²) in [6.07, 6.45) is 1.90. The number of rotatable bonds is 7. The lowest BCUT2D eigenvalue weighted by molar-refractivity contribution is 0.0934. The highest BCUT2D eigenvalue weighted by Crippen LogP contribution is 2.23. The van der Waals surface area contributed by atoms with Crippen molar-refractivity contribution in [2.24, 2.45) is 5.73 Å². The highest BCUT2D eigenvalue weighted by molar-refractivity contribution is 5.31. The van der Waals surface area contributed by atoms with Crippen molar-refractivity contribution in [3.63, 3.8) is 0 Å². The molecule has 1 aromatic carbocycles. The van der Waals surface area contributed by atoms with Crippen LogP contribution in [0.2, 0.25) is 0 Å². The Hall–Kier alpha value is -1.22. The third-order valence-electron chi connectivity index (χ3n) is 2.84. The number of benzene rings is 1. The summed E-state index contributed by atoms with van der Waals surface area (Å²) in [5.74, 6) is 1.72. The SMILES string of the molecule is CCCOc1ccc(OC(C)(CC)CN)cc1. The smallest absolute Gasteiger partial charge is 0.120 e. The first-order valence-corrected chi connectivity index (χ1v) is 6.25. The van der Waals surface area contributed by atoms with Crippen molar-refractivity contribution in [3.05, 3.63) is 24.3 Å². The van der Waals surface area contributed by atoms with E-state index in [-0.39, 0.29) is 5.60 Å². The van der Waals surface area contributed by atoms with Crippen molar-refractivity contribution in [2.75, 3.05) is 13.2 Å². The topological polar surface area (TPSA) is 44.5 Å². The number of hydrogen-bond acceptors (Lipinski definition) is 3.